The second-order valence-corrected chi connectivity index (χ2v) is 7.64. The summed E-state index contributed by atoms with van der Waals surface area (Å²) in [5.74, 6) is -0.335. The van der Waals surface area contributed by atoms with E-state index in [1.54, 1.807) is 4.31 Å². The van der Waals surface area contributed by atoms with Crippen LogP contribution in [0.25, 0.3) is 0 Å². The zero-order chi connectivity index (χ0) is 14.0. The third kappa shape index (κ3) is 3.27. The van der Waals surface area contributed by atoms with E-state index in [4.69, 9.17) is 5.73 Å². The fourth-order valence-corrected chi connectivity index (χ4v) is 4.76. The van der Waals surface area contributed by atoms with Gasteiger partial charge in [0.2, 0.25) is 5.91 Å². The van der Waals surface area contributed by atoms with E-state index in [1.807, 2.05) is 0 Å². The van der Waals surface area contributed by atoms with Gasteiger partial charge in [-0.05, 0) is 31.6 Å². The van der Waals surface area contributed by atoms with E-state index in [1.165, 1.54) is 4.31 Å². The molecule has 0 aliphatic carbocycles. The van der Waals surface area contributed by atoms with Gasteiger partial charge in [-0.1, -0.05) is 6.92 Å². The summed E-state index contributed by atoms with van der Waals surface area (Å²) in [4.78, 5) is 11.2. The minimum atomic E-state index is -3.43. The van der Waals surface area contributed by atoms with Crippen LogP contribution in [0.3, 0.4) is 0 Å². The first-order valence-electron chi connectivity index (χ1n) is 6.96. The highest BCUT2D eigenvalue weighted by Crippen LogP contribution is 2.24. The van der Waals surface area contributed by atoms with Crippen molar-refractivity contribution in [2.75, 3.05) is 26.2 Å². The van der Waals surface area contributed by atoms with Gasteiger partial charge < -0.3 is 5.73 Å². The van der Waals surface area contributed by atoms with E-state index in [0.717, 1.165) is 12.8 Å². The van der Waals surface area contributed by atoms with Crippen molar-refractivity contribution in [1.82, 2.24) is 8.61 Å². The van der Waals surface area contributed by atoms with Crippen molar-refractivity contribution in [3.05, 3.63) is 0 Å². The molecule has 2 N–H and O–H groups in total. The Balaban J connectivity index is 2.08. The normalized spacial score (nSPS) is 31.2. The zero-order valence-electron chi connectivity index (χ0n) is 11.4. The van der Waals surface area contributed by atoms with Gasteiger partial charge in [-0.25, -0.2) is 0 Å². The van der Waals surface area contributed by atoms with Gasteiger partial charge in [-0.15, -0.1) is 0 Å². The molecule has 2 atom stereocenters. The molecule has 0 bridgehead atoms. The molecule has 2 saturated heterocycles. The quantitative estimate of drug-likeness (QED) is 0.803. The Morgan fingerprint density at radius 3 is 2.26 bits per heavy atom. The smallest absolute Gasteiger partial charge is 0.282 e. The highest BCUT2D eigenvalue weighted by atomic mass is 32.2. The molecule has 0 radical (unpaired) electrons. The number of nitrogens with zero attached hydrogens (tertiary/aromatic N) is 2. The van der Waals surface area contributed by atoms with Crippen molar-refractivity contribution in [3.8, 4) is 0 Å². The molecule has 2 aliphatic heterocycles. The molecule has 0 spiro atoms. The van der Waals surface area contributed by atoms with Crippen LogP contribution >= 0.6 is 0 Å². The van der Waals surface area contributed by atoms with Gasteiger partial charge in [0.05, 0.1) is 5.92 Å². The Hall–Kier alpha value is -0.660. The van der Waals surface area contributed by atoms with Gasteiger partial charge in [0.1, 0.15) is 0 Å². The van der Waals surface area contributed by atoms with Crippen LogP contribution in [0, 0.1) is 11.8 Å². The van der Waals surface area contributed by atoms with Crippen molar-refractivity contribution in [3.63, 3.8) is 0 Å². The van der Waals surface area contributed by atoms with Crippen molar-refractivity contribution in [1.29, 1.82) is 0 Å². The van der Waals surface area contributed by atoms with Gasteiger partial charge >= 0.3 is 0 Å². The maximum absolute atomic E-state index is 12.6. The first-order chi connectivity index (χ1) is 8.91. The van der Waals surface area contributed by atoms with Crippen LogP contribution in [0.5, 0.6) is 0 Å². The lowest BCUT2D eigenvalue weighted by atomic mass is 9.99. The largest absolute Gasteiger partial charge is 0.369 e. The van der Waals surface area contributed by atoms with Gasteiger partial charge in [0.15, 0.2) is 0 Å². The van der Waals surface area contributed by atoms with Gasteiger partial charge in [-0.2, -0.15) is 17.0 Å². The maximum atomic E-state index is 12.6. The summed E-state index contributed by atoms with van der Waals surface area (Å²) in [6, 6.07) is 0. The molecular formula is C12H23N3O3S. The standard InChI is InChI=1S/C12H23N3O3S/c1-10-4-2-6-14(8-10)19(17,18)15-7-3-5-11(9-15)12(13)16/h10-11H,2-9H2,1H3,(H2,13,16)/t10-,11+/m0/s1. The maximum Gasteiger partial charge on any atom is 0.282 e. The average molecular weight is 289 g/mol. The molecule has 2 heterocycles. The van der Waals surface area contributed by atoms with Gasteiger partial charge in [0, 0.05) is 26.2 Å². The van der Waals surface area contributed by atoms with E-state index in [0.29, 0.717) is 38.4 Å². The second kappa shape index (κ2) is 5.76. The predicted molar refractivity (Wildman–Crippen MR) is 72.4 cm³/mol. The third-order valence-electron chi connectivity index (χ3n) is 4.06. The van der Waals surface area contributed by atoms with E-state index in [2.05, 4.69) is 6.92 Å². The lowest BCUT2D eigenvalue weighted by Crippen LogP contribution is -2.52. The molecule has 0 aromatic rings. The summed E-state index contributed by atoms with van der Waals surface area (Å²) in [5.41, 5.74) is 5.30. The molecule has 110 valence electrons. The first kappa shape index (κ1) is 14.7. The molecule has 19 heavy (non-hydrogen) atoms. The van der Waals surface area contributed by atoms with Crippen LogP contribution in [0.4, 0.5) is 0 Å². The van der Waals surface area contributed by atoms with Crippen molar-refractivity contribution in [2.24, 2.45) is 17.6 Å². The molecule has 2 rings (SSSR count). The molecule has 1 amide bonds. The van der Waals surface area contributed by atoms with Crippen molar-refractivity contribution in [2.45, 2.75) is 32.6 Å². The summed E-state index contributed by atoms with van der Waals surface area (Å²) >= 11 is 0. The summed E-state index contributed by atoms with van der Waals surface area (Å²) < 4.78 is 28.1. The van der Waals surface area contributed by atoms with Crippen LogP contribution < -0.4 is 5.73 Å². The Bertz CT molecular complexity index is 438. The van der Waals surface area contributed by atoms with Crippen LogP contribution in [0.15, 0.2) is 0 Å². The Labute approximate surface area is 115 Å². The number of piperidine rings is 2. The fourth-order valence-electron chi connectivity index (χ4n) is 2.90. The minimum absolute atomic E-state index is 0.239. The first-order valence-corrected chi connectivity index (χ1v) is 8.35. The van der Waals surface area contributed by atoms with Crippen LogP contribution in [0.2, 0.25) is 0 Å². The van der Waals surface area contributed by atoms with Crippen LogP contribution in [0.1, 0.15) is 32.6 Å². The van der Waals surface area contributed by atoms with Crippen LogP contribution in [-0.2, 0) is 15.0 Å². The number of primary amides is 1. The van der Waals surface area contributed by atoms with Crippen LogP contribution in [-0.4, -0.2) is 49.1 Å². The van der Waals surface area contributed by atoms with E-state index < -0.39 is 16.1 Å². The van der Waals surface area contributed by atoms with E-state index in [-0.39, 0.29) is 12.5 Å². The van der Waals surface area contributed by atoms with E-state index in [9.17, 15) is 13.2 Å². The molecule has 7 heteroatoms. The molecule has 0 aromatic heterocycles. The lowest BCUT2D eigenvalue weighted by molar-refractivity contribution is -0.122. The van der Waals surface area contributed by atoms with Crippen molar-refractivity contribution >= 4 is 16.1 Å². The summed E-state index contributed by atoms with van der Waals surface area (Å²) in [6.45, 7) is 3.98. The second-order valence-electron chi connectivity index (χ2n) is 5.71. The van der Waals surface area contributed by atoms with Gasteiger partial charge in [-0.3, -0.25) is 4.79 Å². The topological polar surface area (TPSA) is 83.7 Å². The molecule has 2 aliphatic rings. The molecule has 6 nitrogen and oxygen atoms in total. The number of hydrogen-bond donors (Lipinski definition) is 1. The molecule has 0 unspecified atom stereocenters. The highest BCUT2D eigenvalue weighted by molar-refractivity contribution is 7.86. The summed E-state index contributed by atoms with van der Waals surface area (Å²) in [7, 11) is -3.43. The molecule has 0 aromatic carbocycles. The molecule has 2 fully saturated rings. The Morgan fingerprint density at radius 2 is 1.68 bits per heavy atom. The molecule has 0 saturated carbocycles. The predicted octanol–water partition coefficient (Wildman–Crippen LogP) is 0.160. The summed E-state index contributed by atoms with van der Waals surface area (Å²) in [6.07, 6.45) is 3.39. The zero-order valence-corrected chi connectivity index (χ0v) is 12.2. The average Bonchev–Trinajstić information content (AvgIpc) is 2.39. The number of nitrogens with two attached hydrogens (primary N) is 1. The molecular weight excluding hydrogens is 266 g/mol. The monoisotopic (exact) mass is 289 g/mol. The Kier molecular flexibility index (Phi) is 4.47. The summed E-state index contributed by atoms with van der Waals surface area (Å²) in [5, 5.41) is 0. The third-order valence-corrected chi connectivity index (χ3v) is 6.03. The highest BCUT2D eigenvalue weighted by Gasteiger charge is 2.36. The number of hydrogen-bond acceptors (Lipinski definition) is 3. The number of carbonyl (C=O) groups excluding carboxylic acids is 1. The van der Waals surface area contributed by atoms with Gasteiger partial charge in [0.25, 0.3) is 10.2 Å². The Morgan fingerprint density at radius 1 is 1.11 bits per heavy atom. The number of carbonyl (C=O) groups is 1. The number of amides is 1. The SMILES string of the molecule is C[C@H]1CCCN(S(=O)(=O)N2CCC[C@@H](C(N)=O)C2)C1. The minimum Gasteiger partial charge on any atom is -0.369 e. The van der Waals surface area contributed by atoms with E-state index >= 15 is 0 Å². The number of rotatable bonds is 3. The lowest BCUT2D eigenvalue weighted by Gasteiger charge is -2.37. The fraction of sp³-hybridized carbons (Fsp3) is 0.917. The van der Waals surface area contributed by atoms with Crippen molar-refractivity contribution < 1.29 is 13.2 Å².